The number of carboxylic acid groups (broad SMARTS) is 1. The molecule has 0 aromatic heterocycles. The van der Waals surface area contributed by atoms with Crippen molar-refractivity contribution in [2.75, 3.05) is 6.61 Å². The molecule has 0 heterocycles. The van der Waals surface area contributed by atoms with E-state index in [-0.39, 0.29) is 10.3 Å². The zero-order valence-electron chi connectivity index (χ0n) is 11.6. The van der Waals surface area contributed by atoms with Gasteiger partial charge in [-0.25, -0.2) is 8.42 Å². The van der Waals surface area contributed by atoms with Crippen LogP contribution in [0.5, 0.6) is 0 Å². The van der Waals surface area contributed by atoms with Gasteiger partial charge in [-0.05, 0) is 23.1 Å². The molecule has 0 fully saturated rings. The van der Waals surface area contributed by atoms with Crippen molar-refractivity contribution in [3.8, 4) is 0 Å². The molecule has 0 aliphatic rings. The molecule has 112 valence electrons. The second-order valence-corrected chi connectivity index (χ2v) is 7.18. The second-order valence-electron chi connectivity index (χ2n) is 5.47. The van der Waals surface area contributed by atoms with E-state index in [0.29, 0.717) is 0 Å². The number of hydrogen-bond acceptors (Lipinski definition) is 4. The van der Waals surface area contributed by atoms with Gasteiger partial charge in [-0.3, -0.25) is 4.79 Å². The standard InChI is InChI=1S/C13H19NO5S/c1-13(2,3)9-4-6-10(7-5-9)20(18,19)14-11(8-15)12(16)17/h4-7,11,14-15H,8H2,1-3H3,(H,16,17). The van der Waals surface area contributed by atoms with Crippen LogP contribution < -0.4 is 4.72 Å². The summed E-state index contributed by atoms with van der Waals surface area (Å²) < 4.78 is 25.9. The Morgan fingerprint density at radius 2 is 1.75 bits per heavy atom. The van der Waals surface area contributed by atoms with Crippen molar-refractivity contribution in [1.29, 1.82) is 0 Å². The summed E-state index contributed by atoms with van der Waals surface area (Å²) in [6.45, 7) is 5.19. The summed E-state index contributed by atoms with van der Waals surface area (Å²) >= 11 is 0. The first-order chi connectivity index (χ1) is 9.08. The van der Waals surface area contributed by atoms with Crippen LogP contribution in [0.2, 0.25) is 0 Å². The third kappa shape index (κ3) is 4.03. The maximum atomic E-state index is 12.0. The average Bonchev–Trinajstić information content (AvgIpc) is 2.35. The molecule has 1 rings (SSSR count). The number of aliphatic carboxylic acids is 1. The molecule has 3 N–H and O–H groups in total. The Labute approximate surface area is 118 Å². The van der Waals surface area contributed by atoms with E-state index in [1.54, 1.807) is 12.1 Å². The monoisotopic (exact) mass is 301 g/mol. The van der Waals surface area contributed by atoms with Gasteiger partial charge in [0, 0.05) is 0 Å². The number of benzene rings is 1. The lowest BCUT2D eigenvalue weighted by atomic mass is 9.87. The van der Waals surface area contributed by atoms with Crippen LogP contribution in [0.4, 0.5) is 0 Å². The van der Waals surface area contributed by atoms with Gasteiger partial charge in [-0.1, -0.05) is 32.9 Å². The highest BCUT2D eigenvalue weighted by molar-refractivity contribution is 7.89. The molecule has 0 amide bonds. The van der Waals surface area contributed by atoms with E-state index < -0.39 is 28.6 Å². The molecule has 0 saturated heterocycles. The van der Waals surface area contributed by atoms with E-state index in [9.17, 15) is 13.2 Å². The lowest BCUT2D eigenvalue weighted by Crippen LogP contribution is -2.43. The highest BCUT2D eigenvalue weighted by atomic mass is 32.2. The number of rotatable bonds is 5. The molecular formula is C13H19NO5S. The molecule has 20 heavy (non-hydrogen) atoms. The maximum absolute atomic E-state index is 12.0. The van der Waals surface area contributed by atoms with Crippen molar-refractivity contribution in [2.24, 2.45) is 0 Å². The Morgan fingerprint density at radius 1 is 1.25 bits per heavy atom. The minimum atomic E-state index is -3.97. The molecule has 0 aliphatic carbocycles. The van der Waals surface area contributed by atoms with Crippen LogP contribution in [-0.2, 0) is 20.2 Å². The van der Waals surface area contributed by atoms with Crippen LogP contribution in [0, 0.1) is 0 Å². The largest absolute Gasteiger partial charge is 0.480 e. The highest BCUT2D eigenvalue weighted by Gasteiger charge is 2.25. The normalized spacial score (nSPS) is 14.0. The van der Waals surface area contributed by atoms with E-state index in [0.717, 1.165) is 5.56 Å². The van der Waals surface area contributed by atoms with Crippen LogP contribution in [0.25, 0.3) is 0 Å². The molecule has 1 aromatic carbocycles. The average molecular weight is 301 g/mol. The van der Waals surface area contributed by atoms with Crippen LogP contribution >= 0.6 is 0 Å². The Morgan fingerprint density at radius 3 is 2.10 bits per heavy atom. The van der Waals surface area contributed by atoms with E-state index in [1.807, 2.05) is 25.5 Å². The third-order valence-corrected chi connectivity index (χ3v) is 4.30. The van der Waals surface area contributed by atoms with Crippen LogP contribution in [0.15, 0.2) is 29.2 Å². The molecule has 1 aromatic rings. The van der Waals surface area contributed by atoms with Crippen molar-refractivity contribution < 1.29 is 23.4 Å². The summed E-state index contributed by atoms with van der Waals surface area (Å²) in [6, 6.07) is 4.65. The smallest absolute Gasteiger partial charge is 0.324 e. The fraction of sp³-hybridized carbons (Fsp3) is 0.462. The Hall–Kier alpha value is -1.44. The van der Waals surface area contributed by atoms with E-state index in [2.05, 4.69) is 0 Å². The molecule has 0 bridgehead atoms. The lowest BCUT2D eigenvalue weighted by molar-refractivity contribution is -0.139. The van der Waals surface area contributed by atoms with Gasteiger partial charge in [0.2, 0.25) is 10.0 Å². The summed E-state index contributed by atoms with van der Waals surface area (Å²) in [7, 11) is -3.97. The fourth-order valence-electron chi connectivity index (χ4n) is 1.56. The number of carbonyl (C=O) groups is 1. The number of nitrogens with one attached hydrogen (secondary N) is 1. The van der Waals surface area contributed by atoms with Crippen molar-refractivity contribution in [3.63, 3.8) is 0 Å². The lowest BCUT2D eigenvalue weighted by Gasteiger charge is -2.19. The number of aliphatic hydroxyl groups excluding tert-OH is 1. The first kappa shape index (κ1) is 16.6. The molecule has 0 saturated carbocycles. The van der Waals surface area contributed by atoms with Crippen molar-refractivity contribution in [2.45, 2.75) is 37.1 Å². The van der Waals surface area contributed by atoms with Gasteiger partial charge in [-0.15, -0.1) is 0 Å². The molecule has 6 nitrogen and oxygen atoms in total. The topological polar surface area (TPSA) is 104 Å². The molecule has 0 spiro atoms. The Balaban J connectivity index is 3.02. The first-order valence-electron chi connectivity index (χ1n) is 6.04. The predicted octanol–water partition coefficient (Wildman–Crippen LogP) is 0.708. The van der Waals surface area contributed by atoms with Crippen molar-refractivity contribution in [3.05, 3.63) is 29.8 Å². The van der Waals surface area contributed by atoms with Crippen LogP contribution in [-0.4, -0.2) is 37.2 Å². The molecular weight excluding hydrogens is 282 g/mol. The van der Waals surface area contributed by atoms with Crippen molar-refractivity contribution in [1.82, 2.24) is 4.72 Å². The zero-order valence-corrected chi connectivity index (χ0v) is 12.4. The van der Waals surface area contributed by atoms with Gasteiger partial charge < -0.3 is 10.2 Å². The molecule has 7 heteroatoms. The van der Waals surface area contributed by atoms with E-state index in [4.69, 9.17) is 10.2 Å². The van der Waals surface area contributed by atoms with Crippen LogP contribution in [0.1, 0.15) is 26.3 Å². The first-order valence-corrected chi connectivity index (χ1v) is 7.53. The summed E-state index contributed by atoms with van der Waals surface area (Å²) in [5.74, 6) is -1.43. The number of hydrogen-bond donors (Lipinski definition) is 3. The minimum absolute atomic E-state index is 0.0369. The summed E-state index contributed by atoms with van der Waals surface area (Å²) in [5, 5.41) is 17.6. The molecule has 1 unspecified atom stereocenters. The zero-order chi connectivity index (χ0) is 15.6. The molecule has 0 aliphatic heterocycles. The summed E-state index contributed by atoms with van der Waals surface area (Å²) in [5.41, 5.74) is 0.859. The SMILES string of the molecule is CC(C)(C)c1ccc(S(=O)(=O)NC(CO)C(=O)O)cc1. The highest BCUT2D eigenvalue weighted by Crippen LogP contribution is 2.23. The molecule has 1 atom stereocenters. The van der Waals surface area contributed by atoms with Gasteiger partial charge in [0.05, 0.1) is 11.5 Å². The Kier molecular flexibility index (Phi) is 4.90. The van der Waals surface area contributed by atoms with E-state index >= 15 is 0 Å². The third-order valence-electron chi connectivity index (χ3n) is 2.81. The maximum Gasteiger partial charge on any atom is 0.324 e. The Bertz CT molecular complexity index is 572. The number of sulfonamides is 1. The van der Waals surface area contributed by atoms with Gasteiger partial charge in [0.1, 0.15) is 6.04 Å². The van der Waals surface area contributed by atoms with Crippen molar-refractivity contribution >= 4 is 16.0 Å². The molecule has 0 radical (unpaired) electrons. The van der Waals surface area contributed by atoms with Gasteiger partial charge in [0.25, 0.3) is 0 Å². The summed E-state index contributed by atoms with van der Waals surface area (Å²) in [4.78, 5) is 10.7. The second kappa shape index (κ2) is 5.90. The predicted molar refractivity (Wildman–Crippen MR) is 74.0 cm³/mol. The van der Waals surface area contributed by atoms with Gasteiger partial charge >= 0.3 is 5.97 Å². The number of aliphatic hydroxyl groups is 1. The summed E-state index contributed by atoms with van der Waals surface area (Å²) in [6.07, 6.45) is 0. The van der Waals surface area contributed by atoms with Gasteiger partial charge in [-0.2, -0.15) is 4.72 Å². The van der Waals surface area contributed by atoms with E-state index in [1.165, 1.54) is 12.1 Å². The number of carboxylic acids is 1. The van der Waals surface area contributed by atoms with Crippen LogP contribution in [0.3, 0.4) is 0 Å². The fourth-order valence-corrected chi connectivity index (χ4v) is 2.74. The van der Waals surface area contributed by atoms with Gasteiger partial charge in [0.15, 0.2) is 0 Å². The quantitative estimate of drug-likeness (QED) is 0.743. The minimum Gasteiger partial charge on any atom is -0.480 e.